The van der Waals surface area contributed by atoms with Gasteiger partial charge in [0.1, 0.15) is 5.76 Å². The van der Waals surface area contributed by atoms with Crippen LogP contribution in [0.3, 0.4) is 0 Å². The molecule has 0 aliphatic heterocycles. The zero-order valence-corrected chi connectivity index (χ0v) is 8.85. The molecule has 0 spiro atoms. The zero-order chi connectivity index (χ0) is 11.4. The number of hydrogen-bond acceptors (Lipinski definition) is 2. The Hall–Kier alpha value is -2.03. The number of carbonyl (C=O) groups excluding carboxylic acids is 1. The van der Waals surface area contributed by atoms with Crippen molar-refractivity contribution < 1.29 is 9.21 Å². The van der Waals surface area contributed by atoms with E-state index in [1.54, 1.807) is 6.26 Å². The summed E-state index contributed by atoms with van der Waals surface area (Å²) in [6.45, 7) is 0. The van der Waals surface area contributed by atoms with Gasteiger partial charge in [0.05, 0.1) is 6.26 Å². The van der Waals surface area contributed by atoms with Gasteiger partial charge in [-0.25, -0.2) is 0 Å². The number of hydrogen-bond donors (Lipinski definition) is 1. The Kier molecular flexibility index (Phi) is 3.05. The average molecular weight is 215 g/mol. The largest absolute Gasteiger partial charge is 0.464 e. The lowest BCUT2D eigenvalue weighted by atomic mass is 10.0. The van der Waals surface area contributed by atoms with E-state index in [1.807, 2.05) is 36.4 Å². The predicted molar refractivity (Wildman–Crippen MR) is 61.7 cm³/mol. The summed E-state index contributed by atoms with van der Waals surface area (Å²) >= 11 is 0. The molecule has 3 nitrogen and oxygen atoms in total. The molecule has 82 valence electrons. The second-order valence-electron chi connectivity index (χ2n) is 3.60. The second kappa shape index (κ2) is 4.66. The first-order valence-electron chi connectivity index (χ1n) is 5.17. The molecule has 0 saturated heterocycles. The summed E-state index contributed by atoms with van der Waals surface area (Å²) in [5, 5.41) is 0. The van der Waals surface area contributed by atoms with Crippen molar-refractivity contribution in [3.05, 3.63) is 48.2 Å². The lowest BCUT2D eigenvalue weighted by molar-refractivity contribution is -0.117. The van der Waals surface area contributed by atoms with Crippen LogP contribution in [-0.4, -0.2) is 5.91 Å². The molecular formula is C13H13NO2. The second-order valence-corrected chi connectivity index (χ2v) is 3.60. The highest BCUT2D eigenvalue weighted by atomic mass is 16.3. The fraction of sp³-hybridized carbons (Fsp3) is 0.154. The summed E-state index contributed by atoms with van der Waals surface area (Å²) in [7, 11) is 0. The average Bonchev–Trinajstić information content (AvgIpc) is 2.80. The number of rotatable bonds is 4. The van der Waals surface area contributed by atoms with E-state index < -0.39 is 0 Å². The predicted octanol–water partition coefficient (Wildman–Crippen LogP) is 2.36. The van der Waals surface area contributed by atoms with Gasteiger partial charge in [0.25, 0.3) is 0 Å². The van der Waals surface area contributed by atoms with Crippen molar-refractivity contribution in [2.75, 3.05) is 0 Å². The van der Waals surface area contributed by atoms with Crippen LogP contribution in [0, 0.1) is 0 Å². The number of carbonyl (C=O) groups is 1. The molecule has 2 aromatic rings. The molecule has 0 fully saturated rings. The highest BCUT2D eigenvalue weighted by Crippen LogP contribution is 2.24. The quantitative estimate of drug-likeness (QED) is 0.851. The molecule has 16 heavy (non-hydrogen) atoms. The summed E-state index contributed by atoms with van der Waals surface area (Å²) in [4.78, 5) is 10.8. The number of furan rings is 1. The minimum atomic E-state index is -0.283. The summed E-state index contributed by atoms with van der Waals surface area (Å²) < 4.78 is 5.35. The lowest BCUT2D eigenvalue weighted by Gasteiger charge is -2.05. The molecule has 2 rings (SSSR count). The maximum atomic E-state index is 10.8. The Morgan fingerprint density at radius 2 is 2.00 bits per heavy atom. The summed E-state index contributed by atoms with van der Waals surface area (Å²) in [6.07, 6.45) is 2.64. The van der Waals surface area contributed by atoms with Crippen LogP contribution in [0.4, 0.5) is 0 Å². The number of primary amides is 1. The number of nitrogens with two attached hydrogens (primary N) is 1. The Morgan fingerprint density at radius 1 is 1.19 bits per heavy atom. The van der Waals surface area contributed by atoms with Gasteiger partial charge in [0.2, 0.25) is 5.91 Å². The van der Waals surface area contributed by atoms with Crippen LogP contribution in [0.2, 0.25) is 0 Å². The van der Waals surface area contributed by atoms with Crippen LogP contribution in [0.15, 0.2) is 47.1 Å². The van der Waals surface area contributed by atoms with Crippen molar-refractivity contribution in [1.29, 1.82) is 0 Å². The molecule has 1 amide bonds. The smallest absolute Gasteiger partial charge is 0.217 e. The molecule has 0 aliphatic rings. The molecule has 0 atom stereocenters. The van der Waals surface area contributed by atoms with Crippen LogP contribution in [-0.2, 0) is 11.2 Å². The van der Waals surface area contributed by atoms with Gasteiger partial charge in [-0.15, -0.1) is 0 Å². The van der Waals surface area contributed by atoms with Gasteiger partial charge in [-0.2, -0.15) is 0 Å². The summed E-state index contributed by atoms with van der Waals surface area (Å²) in [5.41, 5.74) is 7.25. The van der Waals surface area contributed by atoms with Crippen molar-refractivity contribution >= 4 is 5.91 Å². The van der Waals surface area contributed by atoms with Gasteiger partial charge in [0, 0.05) is 12.0 Å². The van der Waals surface area contributed by atoms with E-state index in [2.05, 4.69) is 0 Å². The van der Waals surface area contributed by atoms with Crippen LogP contribution in [0.25, 0.3) is 11.3 Å². The zero-order valence-electron chi connectivity index (χ0n) is 8.85. The first-order valence-corrected chi connectivity index (χ1v) is 5.17. The Bertz CT molecular complexity index is 474. The van der Waals surface area contributed by atoms with Gasteiger partial charge in [-0.05, 0) is 24.1 Å². The maximum absolute atomic E-state index is 10.8. The first-order chi connectivity index (χ1) is 7.77. The van der Waals surface area contributed by atoms with Gasteiger partial charge >= 0.3 is 0 Å². The molecule has 2 N–H and O–H groups in total. The molecule has 0 bridgehead atoms. The van der Waals surface area contributed by atoms with E-state index in [9.17, 15) is 4.79 Å². The van der Waals surface area contributed by atoms with Crippen molar-refractivity contribution in [3.63, 3.8) is 0 Å². The third kappa shape index (κ3) is 2.31. The van der Waals surface area contributed by atoms with Crippen LogP contribution in [0.5, 0.6) is 0 Å². The molecule has 0 radical (unpaired) electrons. The van der Waals surface area contributed by atoms with Gasteiger partial charge in [0.15, 0.2) is 0 Å². The lowest BCUT2D eigenvalue weighted by Crippen LogP contribution is -2.11. The normalized spacial score (nSPS) is 10.2. The summed E-state index contributed by atoms with van der Waals surface area (Å²) in [5.74, 6) is 0.536. The highest BCUT2D eigenvalue weighted by molar-refractivity contribution is 5.74. The molecule has 0 saturated carbocycles. The Labute approximate surface area is 93.9 Å². The fourth-order valence-electron chi connectivity index (χ4n) is 1.67. The van der Waals surface area contributed by atoms with E-state index >= 15 is 0 Å². The van der Waals surface area contributed by atoms with Crippen molar-refractivity contribution in [2.45, 2.75) is 12.8 Å². The molecular weight excluding hydrogens is 202 g/mol. The number of benzene rings is 1. The van der Waals surface area contributed by atoms with Crippen molar-refractivity contribution in [3.8, 4) is 11.3 Å². The Balaban J connectivity index is 2.27. The van der Waals surface area contributed by atoms with E-state index in [1.165, 1.54) is 0 Å². The number of aryl methyl sites for hydroxylation is 1. The first kappa shape index (κ1) is 10.5. The van der Waals surface area contributed by atoms with Gasteiger partial charge in [-0.1, -0.05) is 24.3 Å². The van der Waals surface area contributed by atoms with E-state index in [-0.39, 0.29) is 5.91 Å². The molecule has 0 unspecified atom stereocenters. The van der Waals surface area contributed by atoms with Crippen molar-refractivity contribution in [1.82, 2.24) is 0 Å². The van der Waals surface area contributed by atoms with E-state index in [0.29, 0.717) is 12.8 Å². The Morgan fingerprint density at radius 3 is 2.69 bits per heavy atom. The topological polar surface area (TPSA) is 56.2 Å². The van der Waals surface area contributed by atoms with Gasteiger partial charge in [-0.3, -0.25) is 4.79 Å². The minimum absolute atomic E-state index is 0.283. The minimum Gasteiger partial charge on any atom is -0.464 e. The van der Waals surface area contributed by atoms with Crippen LogP contribution in [0.1, 0.15) is 12.0 Å². The molecule has 3 heteroatoms. The molecule has 1 aromatic heterocycles. The third-order valence-corrected chi connectivity index (χ3v) is 2.44. The van der Waals surface area contributed by atoms with E-state index in [0.717, 1.165) is 16.9 Å². The third-order valence-electron chi connectivity index (χ3n) is 2.44. The summed E-state index contributed by atoms with van der Waals surface area (Å²) in [6, 6.07) is 11.6. The standard InChI is InChI=1S/C13H13NO2/c14-13(15)8-7-10-4-1-2-5-11(10)12-6-3-9-16-12/h1-6,9H,7-8H2,(H2,14,15). The molecule has 1 heterocycles. The highest BCUT2D eigenvalue weighted by Gasteiger charge is 2.07. The maximum Gasteiger partial charge on any atom is 0.217 e. The molecule has 0 aliphatic carbocycles. The van der Waals surface area contributed by atoms with Crippen molar-refractivity contribution in [2.24, 2.45) is 5.73 Å². The SMILES string of the molecule is NC(=O)CCc1ccccc1-c1ccco1. The monoisotopic (exact) mass is 215 g/mol. The van der Waals surface area contributed by atoms with Crippen LogP contribution < -0.4 is 5.73 Å². The number of amides is 1. The fourth-order valence-corrected chi connectivity index (χ4v) is 1.67. The van der Waals surface area contributed by atoms with Crippen LogP contribution >= 0.6 is 0 Å². The molecule has 1 aromatic carbocycles. The van der Waals surface area contributed by atoms with E-state index in [4.69, 9.17) is 10.2 Å². The van der Waals surface area contributed by atoms with Gasteiger partial charge < -0.3 is 10.2 Å².